The first kappa shape index (κ1) is 14.9. The van der Waals surface area contributed by atoms with E-state index in [9.17, 15) is 4.79 Å². The summed E-state index contributed by atoms with van der Waals surface area (Å²) in [5.41, 5.74) is 4.21. The van der Waals surface area contributed by atoms with Crippen molar-refractivity contribution in [3.8, 4) is 11.3 Å². The molecule has 3 aromatic heterocycles. The number of aromatic nitrogens is 4. The minimum absolute atomic E-state index is 0.0213. The van der Waals surface area contributed by atoms with E-state index in [1.807, 2.05) is 41.3 Å². The van der Waals surface area contributed by atoms with Crippen molar-refractivity contribution in [2.75, 3.05) is 6.54 Å². The summed E-state index contributed by atoms with van der Waals surface area (Å²) in [5.74, 6) is 0.0213. The maximum absolute atomic E-state index is 12.9. The average molecular weight is 343 g/mol. The number of amides is 1. The molecule has 1 atom stereocenters. The molecule has 1 aliphatic heterocycles. The zero-order chi connectivity index (χ0) is 17.5. The second kappa shape index (κ2) is 5.84. The molecular formula is C20H17N5O. The lowest BCUT2D eigenvalue weighted by Crippen LogP contribution is -2.45. The molecule has 1 aromatic carbocycles. The second-order valence-electron chi connectivity index (χ2n) is 6.52. The number of nitrogens with one attached hydrogen (secondary N) is 2. The molecule has 0 saturated carbocycles. The van der Waals surface area contributed by atoms with Crippen molar-refractivity contribution >= 4 is 16.9 Å². The van der Waals surface area contributed by atoms with Crippen LogP contribution in [-0.2, 0) is 0 Å². The molecule has 5 rings (SSSR count). The molecule has 4 aromatic rings. The Hall–Kier alpha value is -3.41. The van der Waals surface area contributed by atoms with Crippen molar-refractivity contribution < 1.29 is 4.79 Å². The molecule has 4 heterocycles. The Balaban J connectivity index is 1.44. The lowest BCUT2D eigenvalue weighted by Gasteiger charge is -2.41. The highest BCUT2D eigenvalue weighted by atomic mass is 16.2. The summed E-state index contributed by atoms with van der Waals surface area (Å²) in [4.78, 5) is 22.7. The third-order valence-corrected chi connectivity index (χ3v) is 4.97. The van der Waals surface area contributed by atoms with Crippen molar-refractivity contribution in [2.45, 2.75) is 12.5 Å². The third kappa shape index (κ3) is 2.38. The van der Waals surface area contributed by atoms with Gasteiger partial charge in [-0.1, -0.05) is 30.3 Å². The largest absolute Gasteiger partial charge is 0.335 e. The van der Waals surface area contributed by atoms with Gasteiger partial charge in [0.25, 0.3) is 5.91 Å². The van der Waals surface area contributed by atoms with Crippen molar-refractivity contribution in [3.05, 3.63) is 72.2 Å². The number of likely N-dealkylation sites (tertiary alicyclic amines) is 1. The van der Waals surface area contributed by atoms with Crippen LogP contribution < -0.4 is 0 Å². The van der Waals surface area contributed by atoms with Gasteiger partial charge in [0.15, 0.2) is 0 Å². The van der Waals surface area contributed by atoms with Crippen LogP contribution in [0.1, 0.15) is 28.5 Å². The number of nitrogens with zero attached hydrogens (tertiary/aromatic N) is 3. The van der Waals surface area contributed by atoms with E-state index in [0.29, 0.717) is 11.3 Å². The summed E-state index contributed by atoms with van der Waals surface area (Å²) >= 11 is 0. The first-order valence-electron chi connectivity index (χ1n) is 8.64. The molecule has 26 heavy (non-hydrogen) atoms. The van der Waals surface area contributed by atoms with E-state index in [2.05, 4.69) is 32.3 Å². The number of H-pyrrole nitrogens is 2. The summed E-state index contributed by atoms with van der Waals surface area (Å²) < 4.78 is 0. The number of rotatable bonds is 3. The molecule has 0 radical (unpaired) electrons. The summed E-state index contributed by atoms with van der Waals surface area (Å²) in [6.07, 6.45) is 4.53. The van der Waals surface area contributed by atoms with Gasteiger partial charge in [-0.25, -0.2) is 4.98 Å². The SMILES string of the molecule is O=C(c1cc2ccc(-c3cn[nH]c3)nc2[nH]1)N1CC[C@@H]1c1ccccc1. The van der Waals surface area contributed by atoms with Crippen LogP contribution in [-0.4, -0.2) is 37.5 Å². The molecule has 6 heteroatoms. The Morgan fingerprint density at radius 2 is 2.04 bits per heavy atom. The molecular weight excluding hydrogens is 326 g/mol. The van der Waals surface area contributed by atoms with Gasteiger partial charge in [0.05, 0.1) is 17.9 Å². The third-order valence-electron chi connectivity index (χ3n) is 4.97. The molecule has 2 N–H and O–H groups in total. The average Bonchev–Trinajstić information content (AvgIpc) is 3.30. The van der Waals surface area contributed by atoms with Gasteiger partial charge in [-0.05, 0) is 30.2 Å². The number of hydrogen-bond donors (Lipinski definition) is 2. The van der Waals surface area contributed by atoms with Crippen molar-refractivity contribution in [3.63, 3.8) is 0 Å². The predicted molar refractivity (Wildman–Crippen MR) is 98.5 cm³/mol. The van der Waals surface area contributed by atoms with Crippen LogP contribution >= 0.6 is 0 Å². The maximum atomic E-state index is 12.9. The molecule has 1 fully saturated rings. The highest BCUT2D eigenvalue weighted by Gasteiger charge is 2.34. The number of pyridine rings is 1. The lowest BCUT2D eigenvalue weighted by atomic mass is 9.94. The topological polar surface area (TPSA) is 77.7 Å². The normalized spacial score (nSPS) is 16.6. The van der Waals surface area contributed by atoms with E-state index in [1.54, 1.807) is 12.4 Å². The van der Waals surface area contributed by atoms with Gasteiger partial charge in [-0.15, -0.1) is 0 Å². The summed E-state index contributed by atoms with van der Waals surface area (Å²) in [5, 5.41) is 7.67. The summed E-state index contributed by atoms with van der Waals surface area (Å²) in [6.45, 7) is 0.779. The maximum Gasteiger partial charge on any atom is 0.270 e. The fraction of sp³-hybridized carbons (Fsp3) is 0.150. The molecule has 0 unspecified atom stereocenters. The molecule has 1 amide bonds. The van der Waals surface area contributed by atoms with Crippen LogP contribution in [0.3, 0.4) is 0 Å². The first-order chi connectivity index (χ1) is 12.8. The predicted octanol–water partition coefficient (Wildman–Crippen LogP) is 3.54. The monoisotopic (exact) mass is 343 g/mol. The molecule has 1 aliphatic rings. The molecule has 0 aliphatic carbocycles. The summed E-state index contributed by atoms with van der Waals surface area (Å²) in [6, 6.07) is 16.1. The second-order valence-corrected chi connectivity index (χ2v) is 6.52. The Bertz CT molecular complexity index is 1070. The van der Waals surface area contributed by atoms with Crippen molar-refractivity contribution in [1.29, 1.82) is 0 Å². The Morgan fingerprint density at radius 1 is 1.15 bits per heavy atom. The van der Waals surface area contributed by atoms with E-state index in [1.165, 1.54) is 5.56 Å². The zero-order valence-electron chi connectivity index (χ0n) is 14.0. The smallest absolute Gasteiger partial charge is 0.270 e. The van der Waals surface area contributed by atoms with Crippen LogP contribution in [0.25, 0.3) is 22.3 Å². The standard InChI is InChI=1S/C20H17N5O/c26-20(25-9-8-18(25)13-4-2-1-3-5-13)17-10-14-6-7-16(23-19(14)24-17)15-11-21-22-12-15/h1-7,10-12,18H,8-9H2,(H,21,22)(H,23,24)/t18-/m1/s1. The minimum atomic E-state index is 0.0213. The van der Waals surface area contributed by atoms with E-state index < -0.39 is 0 Å². The zero-order valence-corrected chi connectivity index (χ0v) is 14.0. The summed E-state index contributed by atoms with van der Waals surface area (Å²) in [7, 11) is 0. The van der Waals surface area contributed by atoms with E-state index in [0.717, 1.165) is 29.6 Å². The number of hydrogen-bond acceptors (Lipinski definition) is 3. The first-order valence-corrected chi connectivity index (χ1v) is 8.64. The molecule has 0 spiro atoms. The van der Waals surface area contributed by atoms with E-state index in [-0.39, 0.29) is 11.9 Å². The molecule has 6 nitrogen and oxygen atoms in total. The van der Waals surface area contributed by atoms with Gasteiger partial charge < -0.3 is 9.88 Å². The van der Waals surface area contributed by atoms with Crippen molar-refractivity contribution in [2.24, 2.45) is 0 Å². The highest BCUT2D eigenvalue weighted by Crippen LogP contribution is 2.34. The number of carbonyl (C=O) groups is 1. The molecule has 128 valence electrons. The molecule has 1 saturated heterocycles. The Labute approximate surface area is 149 Å². The van der Waals surface area contributed by atoms with Gasteiger partial charge in [-0.3, -0.25) is 9.89 Å². The van der Waals surface area contributed by atoms with Crippen molar-refractivity contribution in [1.82, 2.24) is 25.1 Å². The van der Waals surface area contributed by atoms with Crippen LogP contribution in [0.5, 0.6) is 0 Å². The van der Waals surface area contributed by atoms with Gasteiger partial charge in [0, 0.05) is 23.7 Å². The minimum Gasteiger partial charge on any atom is -0.335 e. The van der Waals surface area contributed by atoms with Crippen LogP contribution in [0.2, 0.25) is 0 Å². The Kier molecular flexibility index (Phi) is 3.35. The van der Waals surface area contributed by atoms with Gasteiger partial charge in [0.2, 0.25) is 0 Å². The van der Waals surface area contributed by atoms with Crippen LogP contribution in [0.4, 0.5) is 0 Å². The lowest BCUT2D eigenvalue weighted by molar-refractivity contribution is 0.0455. The van der Waals surface area contributed by atoms with Crippen LogP contribution in [0, 0.1) is 0 Å². The fourth-order valence-corrected chi connectivity index (χ4v) is 3.48. The fourth-order valence-electron chi connectivity index (χ4n) is 3.48. The number of benzene rings is 1. The number of fused-ring (bicyclic) bond motifs is 1. The molecule has 0 bridgehead atoms. The number of aromatic amines is 2. The quantitative estimate of drug-likeness (QED) is 0.597. The van der Waals surface area contributed by atoms with Gasteiger partial charge in [0.1, 0.15) is 11.3 Å². The van der Waals surface area contributed by atoms with Crippen LogP contribution in [0.15, 0.2) is 60.9 Å². The highest BCUT2D eigenvalue weighted by molar-refractivity contribution is 5.98. The van der Waals surface area contributed by atoms with Gasteiger partial charge >= 0.3 is 0 Å². The van der Waals surface area contributed by atoms with E-state index in [4.69, 9.17) is 0 Å². The Morgan fingerprint density at radius 3 is 2.77 bits per heavy atom. The van der Waals surface area contributed by atoms with Gasteiger partial charge in [-0.2, -0.15) is 5.10 Å². The van der Waals surface area contributed by atoms with E-state index >= 15 is 0 Å². The number of carbonyl (C=O) groups excluding carboxylic acids is 1.